The van der Waals surface area contributed by atoms with Crippen LogP contribution in [0.25, 0.3) is 0 Å². The van der Waals surface area contributed by atoms with Gasteiger partial charge in [-0.05, 0) is 25.0 Å². The monoisotopic (exact) mass is 469 g/mol. The van der Waals surface area contributed by atoms with Gasteiger partial charge in [0.15, 0.2) is 6.10 Å². The van der Waals surface area contributed by atoms with Gasteiger partial charge in [-0.2, -0.15) is 0 Å². The molecule has 9 heteroatoms. The molecule has 2 aromatic rings. The predicted molar refractivity (Wildman–Crippen MR) is 106 cm³/mol. The number of alkyl halides is 1. The molecule has 1 aromatic heterocycles. The zero-order valence-electron chi connectivity index (χ0n) is 14.9. The second-order valence-electron chi connectivity index (χ2n) is 6.83. The number of hydrogen-bond donors (Lipinski definition) is 0. The first-order valence-corrected chi connectivity index (χ1v) is 11.0. The summed E-state index contributed by atoms with van der Waals surface area (Å²) in [6.07, 6.45) is 1.24. The van der Waals surface area contributed by atoms with Gasteiger partial charge in [-0.3, -0.25) is 4.79 Å². The number of rotatable bonds is 4. The van der Waals surface area contributed by atoms with Crippen molar-refractivity contribution < 1.29 is 18.4 Å². The van der Waals surface area contributed by atoms with Crippen LogP contribution in [0.1, 0.15) is 47.5 Å². The molecule has 1 aromatic carbocycles. The topological polar surface area (TPSA) is 54.8 Å². The van der Waals surface area contributed by atoms with Crippen LogP contribution >= 0.6 is 27.3 Å². The molecule has 2 aliphatic rings. The van der Waals surface area contributed by atoms with Crippen LogP contribution in [0.5, 0.6) is 0 Å². The van der Waals surface area contributed by atoms with Crippen LogP contribution in [-0.2, 0) is 9.63 Å². The molecule has 5 nitrogen and oxygen atoms in total. The predicted octanol–water partition coefficient (Wildman–Crippen LogP) is 4.39. The molecule has 0 spiro atoms. The fourth-order valence-electron chi connectivity index (χ4n) is 3.57. The lowest BCUT2D eigenvalue weighted by molar-refractivity contribution is -0.129. The minimum Gasteiger partial charge on any atom is -0.387 e. The van der Waals surface area contributed by atoms with Crippen molar-refractivity contribution in [3.05, 3.63) is 51.5 Å². The first kappa shape index (κ1) is 19.4. The minimum atomic E-state index is -0.778. The van der Waals surface area contributed by atoms with Gasteiger partial charge >= 0.3 is 0 Å². The molecule has 1 saturated heterocycles. The normalized spacial score (nSPS) is 20.2. The number of aromatic nitrogens is 1. The van der Waals surface area contributed by atoms with E-state index in [2.05, 4.69) is 26.1 Å². The van der Waals surface area contributed by atoms with Crippen molar-refractivity contribution in [2.75, 3.05) is 18.4 Å². The number of halogens is 3. The summed E-state index contributed by atoms with van der Waals surface area (Å²) in [5, 5.41) is 7.28. The molecular formula is C19H18BrF2N3O2S. The summed E-state index contributed by atoms with van der Waals surface area (Å²) < 4.78 is 28.0. The molecule has 0 bridgehead atoms. The molecular weight excluding hydrogens is 452 g/mol. The summed E-state index contributed by atoms with van der Waals surface area (Å²) >= 11 is 4.76. The van der Waals surface area contributed by atoms with Crippen molar-refractivity contribution in [2.45, 2.75) is 31.3 Å². The van der Waals surface area contributed by atoms with Crippen molar-refractivity contribution in [3.63, 3.8) is 0 Å². The molecule has 1 amide bonds. The van der Waals surface area contributed by atoms with Crippen molar-refractivity contribution in [2.24, 2.45) is 5.16 Å². The molecule has 4 rings (SSSR count). The molecule has 3 heterocycles. The quantitative estimate of drug-likeness (QED) is 0.624. The lowest BCUT2D eigenvalue weighted by Gasteiger charge is -2.30. The van der Waals surface area contributed by atoms with E-state index in [-0.39, 0.29) is 17.9 Å². The summed E-state index contributed by atoms with van der Waals surface area (Å²) in [5.41, 5.74) is 1.20. The van der Waals surface area contributed by atoms with Crippen LogP contribution in [0.2, 0.25) is 0 Å². The third-order valence-corrected chi connectivity index (χ3v) is 6.61. The van der Waals surface area contributed by atoms with E-state index in [1.807, 2.05) is 10.3 Å². The largest absolute Gasteiger partial charge is 0.387 e. The number of likely N-dealkylation sites (tertiary alicyclic amines) is 1. The minimum absolute atomic E-state index is 0.0967. The van der Waals surface area contributed by atoms with Crippen LogP contribution < -0.4 is 0 Å². The summed E-state index contributed by atoms with van der Waals surface area (Å²) in [7, 11) is 0. The average molecular weight is 470 g/mol. The van der Waals surface area contributed by atoms with Gasteiger partial charge in [0.2, 0.25) is 5.91 Å². The van der Waals surface area contributed by atoms with E-state index in [1.165, 1.54) is 18.2 Å². The number of oxime groups is 1. The Kier molecular flexibility index (Phi) is 5.73. The Morgan fingerprint density at radius 1 is 1.29 bits per heavy atom. The number of hydrogen-bond acceptors (Lipinski definition) is 5. The number of carbonyl (C=O) groups is 1. The maximum Gasteiger partial charge on any atom is 0.233 e. The van der Waals surface area contributed by atoms with Gasteiger partial charge in [-0.25, -0.2) is 13.8 Å². The Bertz CT molecular complexity index is 892. The van der Waals surface area contributed by atoms with Gasteiger partial charge in [-0.15, -0.1) is 11.3 Å². The molecule has 148 valence electrons. The molecule has 0 N–H and O–H groups in total. The number of benzene rings is 1. The van der Waals surface area contributed by atoms with E-state index in [0.717, 1.165) is 30.9 Å². The number of amides is 1. The van der Waals surface area contributed by atoms with E-state index in [4.69, 9.17) is 4.84 Å². The van der Waals surface area contributed by atoms with E-state index < -0.39 is 17.7 Å². The molecule has 2 aliphatic heterocycles. The Labute approximate surface area is 173 Å². The molecule has 0 saturated carbocycles. The number of thiazole rings is 1. The Morgan fingerprint density at radius 2 is 2.00 bits per heavy atom. The van der Waals surface area contributed by atoms with E-state index >= 15 is 0 Å². The molecule has 0 aliphatic carbocycles. The van der Waals surface area contributed by atoms with Crippen LogP contribution in [0, 0.1) is 11.6 Å². The highest BCUT2D eigenvalue weighted by Gasteiger charge is 2.31. The van der Waals surface area contributed by atoms with Gasteiger partial charge in [-0.1, -0.05) is 27.2 Å². The standard InChI is InChI=1S/C19H18BrF2N3O2S/c20-9-17(26)25-6-4-11(5-7-25)19-23-15(10-28-19)14-8-16(27-24-14)18-12(21)2-1-3-13(18)22/h1-3,10-11,16H,4-9H2. The number of nitrogens with zero attached hydrogens (tertiary/aromatic N) is 3. The Morgan fingerprint density at radius 3 is 2.68 bits per heavy atom. The van der Waals surface area contributed by atoms with Crippen LogP contribution in [0.15, 0.2) is 28.7 Å². The highest BCUT2D eigenvalue weighted by molar-refractivity contribution is 9.09. The van der Waals surface area contributed by atoms with Gasteiger partial charge in [0.1, 0.15) is 17.3 Å². The van der Waals surface area contributed by atoms with Gasteiger partial charge < -0.3 is 9.74 Å². The number of carbonyl (C=O) groups excluding carboxylic acids is 1. The molecule has 28 heavy (non-hydrogen) atoms. The van der Waals surface area contributed by atoms with Gasteiger partial charge in [0.05, 0.1) is 21.6 Å². The lowest BCUT2D eigenvalue weighted by Crippen LogP contribution is -2.38. The summed E-state index contributed by atoms with van der Waals surface area (Å²) in [4.78, 5) is 23.6. The van der Waals surface area contributed by atoms with Crippen LogP contribution in [0.4, 0.5) is 8.78 Å². The molecule has 1 atom stereocenters. The third kappa shape index (κ3) is 3.82. The van der Waals surface area contributed by atoms with E-state index in [9.17, 15) is 13.6 Å². The summed E-state index contributed by atoms with van der Waals surface area (Å²) in [6, 6.07) is 3.76. The smallest absolute Gasteiger partial charge is 0.233 e. The lowest BCUT2D eigenvalue weighted by atomic mass is 9.97. The zero-order chi connectivity index (χ0) is 19.7. The maximum atomic E-state index is 14.0. The second-order valence-corrected chi connectivity index (χ2v) is 8.28. The highest BCUT2D eigenvalue weighted by Crippen LogP contribution is 2.35. The Balaban J connectivity index is 1.41. The van der Waals surface area contributed by atoms with Crippen molar-refractivity contribution >= 4 is 38.9 Å². The summed E-state index contributed by atoms with van der Waals surface area (Å²) in [5.74, 6) is -0.849. The van der Waals surface area contributed by atoms with Crippen LogP contribution in [0.3, 0.4) is 0 Å². The van der Waals surface area contributed by atoms with Gasteiger partial charge in [0, 0.05) is 30.8 Å². The number of piperidine rings is 1. The maximum absolute atomic E-state index is 14.0. The highest BCUT2D eigenvalue weighted by atomic mass is 79.9. The van der Waals surface area contributed by atoms with Crippen molar-refractivity contribution in [3.8, 4) is 0 Å². The average Bonchev–Trinajstić information content (AvgIpc) is 3.37. The van der Waals surface area contributed by atoms with Gasteiger partial charge in [0.25, 0.3) is 0 Å². The molecule has 0 radical (unpaired) electrons. The SMILES string of the molecule is O=C(CBr)N1CCC(c2nc(C3=NOC(c4c(F)cccc4F)C3)cs2)CC1. The molecule has 1 unspecified atom stereocenters. The second kappa shape index (κ2) is 8.24. The first-order valence-electron chi connectivity index (χ1n) is 9.03. The van der Waals surface area contributed by atoms with E-state index in [0.29, 0.717) is 22.7 Å². The molecule has 1 fully saturated rings. The third-order valence-electron chi connectivity index (χ3n) is 5.12. The zero-order valence-corrected chi connectivity index (χ0v) is 17.3. The first-order chi connectivity index (χ1) is 13.6. The Hall–Kier alpha value is -1.87. The fraction of sp³-hybridized carbons (Fsp3) is 0.421. The van der Waals surface area contributed by atoms with Crippen molar-refractivity contribution in [1.29, 1.82) is 0 Å². The van der Waals surface area contributed by atoms with E-state index in [1.54, 1.807) is 11.3 Å². The fourth-order valence-corrected chi connectivity index (χ4v) is 4.92. The van der Waals surface area contributed by atoms with Crippen molar-refractivity contribution in [1.82, 2.24) is 9.88 Å². The summed E-state index contributed by atoms with van der Waals surface area (Å²) in [6.45, 7) is 1.45. The van der Waals surface area contributed by atoms with Crippen LogP contribution in [-0.4, -0.2) is 39.9 Å².